The highest BCUT2D eigenvalue weighted by Crippen LogP contribution is 2.25. The van der Waals surface area contributed by atoms with Crippen LogP contribution in [0, 0.1) is 5.92 Å². The van der Waals surface area contributed by atoms with E-state index in [1.807, 2.05) is 11.3 Å². The van der Waals surface area contributed by atoms with Crippen LogP contribution < -0.4 is 5.32 Å². The standard InChI is InChI=1S/C14H17NOS/c1-2-4-14-13(3-1)12(10-17-14)8-15-7-11-5-6-16-9-11/h1-4,10-11,15H,5-9H2/t11-/m1/s1. The van der Waals surface area contributed by atoms with E-state index in [-0.39, 0.29) is 0 Å². The molecule has 1 fully saturated rings. The van der Waals surface area contributed by atoms with E-state index < -0.39 is 0 Å². The average molecular weight is 247 g/mol. The molecule has 1 aliphatic heterocycles. The molecule has 3 heteroatoms. The van der Waals surface area contributed by atoms with Crippen molar-refractivity contribution in [3.05, 3.63) is 35.2 Å². The Kier molecular flexibility index (Phi) is 3.41. The maximum Gasteiger partial charge on any atom is 0.0507 e. The lowest BCUT2D eigenvalue weighted by molar-refractivity contribution is 0.185. The minimum absolute atomic E-state index is 0.708. The predicted molar refractivity (Wildman–Crippen MR) is 72.5 cm³/mol. The molecular weight excluding hydrogens is 230 g/mol. The second kappa shape index (κ2) is 5.17. The molecule has 2 heterocycles. The van der Waals surface area contributed by atoms with Gasteiger partial charge in [0, 0.05) is 24.4 Å². The first kappa shape index (κ1) is 11.2. The largest absolute Gasteiger partial charge is 0.381 e. The molecule has 1 N–H and O–H groups in total. The highest BCUT2D eigenvalue weighted by Gasteiger charge is 2.14. The first-order chi connectivity index (χ1) is 8.43. The van der Waals surface area contributed by atoms with Crippen LogP contribution in [0.3, 0.4) is 0 Å². The molecule has 0 bridgehead atoms. The average Bonchev–Trinajstić information content (AvgIpc) is 2.99. The van der Waals surface area contributed by atoms with E-state index in [2.05, 4.69) is 35.0 Å². The maximum atomic E-state index is 5.38. The lowest BCUT2D eigenvalue weighted by Crippen LogP contribution is -2.22. The number of nitrogens with one attached hydrogen (secondary N) is 1. The SMILES string of the molecule is c1ccc2c(CNC[C@H]3CCOC3)csc2c1. The molecular formula is C14H17NOS. The Morgan fingerprint density at radius 1 is 1.35 bits per heavy atom. The Morgan fingerprint density at radius 3 is 3.18 bits per heavy atom. The molecule has 1 aromatic carbocycles. The van der Waals surface area contributed by atoms with Crippen molar-refractivity contribution in [3.8, 4) is 0 Å². The second-order valence-corrected chi connectivity index (χ2v) is 5.53. The molecule has 0 amide bonds. The summed E-state index contributed by atoms with van der Waals surface area (Å²) in [5.41, 5.74) is 1.42. The van der Waals surface area contributed by atoms with Crippen molar-refractivity contribution < 1.29 is 4.74 Å². The van der Waals surface area contributed by atoms with Crippen LogP contribution >= 0.6 is 11.3 Å². The number of hydrogen-bond acceptors (Lipinski definition) is 3. The second-order valence-electron chi connectivity index (χ2n) is 4.62. The summed E-state index contributed by atoms with van der Waals surface area (Å²) in [7, 11) is 0. The molecule has 0 unspecified atom stereocenters. The Bertz CT molecular complexity index is 488. The van der Waals surface area contributed by atoms with Crippen molar-refractivity contribution in [2.75, 3.05) is 19.8 Å². The Morgan fingerprint density at radius 2 is 2.29 bits per heavy atom. The highest BCUT2D eigenvalue weighted by molar-refractivity contribution is 7.17. The van der Waals surface area contributed by atoms with Gasteiger partial charge in [0.1, 0.15) is 0 Å². The molecule has 1 aliphatic rings. The van der Waals surface area contributed by atoms with Crippen LogP contribution in [0.25, 0.3) is 10.1 Å². The molecule has 1 saturated heterocycles. The van der Waals surface area contributed by atoms with Crippen molar-refractivity contribution in [2.45, 2.75) is 13.0 Å². The lowest BCUT2D eigenvalue weighted by atomic mass is 10.1. The zero-order valence-electron chi connectivity index (χ0n) is 9.82. The van der Waals surface area contributed by atoms with Gasteiger partial charge in [-0.05, 0) is 34.7 Å². The van der Waals surface area contributed by atoms with Crippen LogP contribution in [0.15, 0.2) is 29.6 Å². The number of thiophene rings is 1. The Labute approximate surface area is 106 Å². The van der Waals surface area contributed by atoms with Gasteiger partial charge in [-0.1, -0.05) is 18.2 Å². The van der Waals surface area contributed by atoms with E-state index in [1.54, 1.807) is 0 Å². The first-order valence-electron chi connectivity index (χ1n) is 6.17. The summed E-state index contributed by atoms with van der Waals surface area (Å²) in [4.78, 5) is 0. The van der Waals surface area contributed by atoms with Crippen molar-refractivity contribution in [1.29, 1.82) is 0 Å². The minimum Gasteiger partial charge on any atom is -0.381 e. The van der Waals surface area contributed by atoms with Gasteiger partial charge in [-0.15, -0.1) is 11.3 Å². The van der Waals surface area contributed by atoms with Crippen LogP contribution in [-0.2, 0) is 11.3 Å². The molecule has 1 atom stereocenters. The maximum absolute atomic E-state index is 5.38. The summed E-state index contributed by atoms with van der Waals surface area (Å²) in [6.45, 7) is 3.91. The van der Waals surface area contributed by atoms with Gasteiger partial charge < -0.3 is 10.1 Å². The monoisotopic (exact) mass is 247 g/mol. The number of rotatable bonds is 4. The van der Waals surface area contributed by atoms with E-state index in [1.165, 1.54) is 22.1 Å². The predicted octanol–water partition coefficient (Wildman–Crippen LogP) is 3.03. The third-order valence-electron chi connectivity index (χ3n) is 3.33. The van der Waals surface area contributed by atoms with Crippen LogP contribution in [0.1, 0.15) is 12.0 Å². The number of hydrogen-bond donors (Lipinski definition) is 1. The number of fused-ring (bicyclic) bond motifs is 1. The van der Waals surface area contributed by atoms with E-state index in [4.69, 9.17) is 4.74 Å². The lowest BCUT2D eigenvalue weighted by Gasteiger charge is -2.08. The fourth-order valence-corrected chi connectivity index (χ4v) is 3.29. The van der Waals surface area contributed by atoms with Gasteiger partial charge in [-0.2, -0.15) is 0 Å². The molecule has 1 aromatic heterocycles. The van der Waals surface area contributed by atoms with Crippen LogP contribution in [-0.4, -0.2) is 19.8 Å². The molecule has 2 aromatic rings. The fraction of sp³-hybridized carbons (Fsp3) is 0.429. The molecule has 0 spiro atoms. The van der Waals surface area contributed by atoms with E-state index in [0.29, 0.717) is 5.92 Å². The summed E-state index contributed by atoms with van der Waals surface area (Å²) in [6.07, 6.45) is 1.21. The summed E-state index contributed by atoms with van der Waals surface area (Å²) >= 11 is 1.83. The summed E-state index contributed by atoms with van der Waals surface area (Å²) < 4.78 is 6.76. The number of benzene rings is 1. The topological polar surface area (TPSA) is 21.3 Å². The van der Waals surface area contributed by atoms with E-state index in [0.717, 1.165) is 26.3 Å². The van der Waals surface area contributed by atoms with Gasteiger partial charge in [-0.3, -0.25) is 0 Å². The van der Waals surface area contributed by atoms with Crippen LogP contribution in [0.4, 0.5) is 0 Å². The van der Waals surface area contributed by atoms with Gasteiger partial charge in [0.05, 0.1) is 6.61 Å². The van der Waals surface area contributed by atoms with Gasteiger partial charge in [-0.25, -0.2) is 0 Å². The highest BCUT2D eigenvalue weighted by atomic mass is 32.1. The summed E-state index contributed by atoms with van der Waals surface area (Å²) in [5, 5.41) is 7.21. The first-order valence-corrected chi connectivity index (χ1v) is 7.05. The molecule has 0 radical (unpaired) electrons. The Balaban J connectivity index is 1.60. The van der Waals surface area contributed by atoms with Crippen LogP contribution in [0.2, 0.25) is 0 Å². The van der Waals surface area contributed by atoms with Gasteiger partial charge >= 0.3 is 0 Å². The molecule has 0 saturated carbocycles. The van der Waals surface area contributed by atoms with Gasteiger partial charge in [0.15, 0.2) is 0 Å². The van der Waals surface area contributed by atoms with E-state index in [9.17, 15) is 0 Å². The zero-order valence-corrected chi connectivity index (χ0v) is 10.6. The van der Waals surface area contributed by atoms with E-state index >= 15 is 0 Å². The normalized spacial score (nSPS) is 20.1. The quantitative estimate of drug-likeness (QED) is 0.896. The van der Waals surface area contributed by atoms with Crippen molar-refractivity contribution >= 4 is 21.4 Å². The number of ether oxygens (including phenoxy) is 1. The third kappa shape index (κ3) is 2.51. The molecule has 2 nitrogen and oxygen atoms in total. The third-order valence-corrected chi connectivity index (χ3v) is 4.35. The van der Waals surface area contributed by atoms with Crippen molar-refractivity contribution in [1.82, 2.24) is 5.32 Å². The summed E-state index contributed by atoms with van der Waals surface area (Å²) in [6, 6.07) is 8.62. The molecule has 3 rings (SSSR count). The smallest absolute Gasteiger partial charge is 0.0507 e. The Hall–Kier alpha value is -0.900. The van der Waals surface area contributed by atoms with Crippen molar-refractivity contribution in [2.24, 2.45) is 5.92 Å². The van der Waals surface area contributed by atoms with Gasteiger partial charge in [0.2, 0.25) is 0 Å². The molecule has 0 aliphatic carbocycles. The summed E-state index contributed by atoms with van der Waals surface area (Å²) in [5.74, 6) is 0.708. The fourth-order valence-electron chi connectivity index (χ4n) is 2.32. The molecule has 17 heavy (non-hydrogen) atoms. The molecule has 90 valence electrons. The van der Waals surface area contributed by atoms with Gasteiger partial charge in [0.25, 0.3) is 0 Å². The minimum atomic E-state index is 0.708. The zero-order chi connectivity index (χ0) is 11.5. The van der Waals surface area contributed by atoms with Crippen LogP contribution in [0.5, 0.6) is 0 Å². The van der Waals surface area contributed by atoms with Crippen molar-refractivity contribution in [3.63, 3.8) is 0 Å².